The number of benzene rings is 10. The minimum atomic E-state index is -0.549. The van der Waals surface area contributed by atoms with Crippen molar-refractivity contribution in [3.8, 4) is 55.9 Å². The first-order valence-corrected chi connectivity index (χ1v) is 23.7. The van der Waals surface area contributed by atoms with Crippen LogP contribution in [0.15, 0.2) is 273 Å². The zero-order chi connectivity index (χ0) is 45.7. The first-order chi connectivity index (χ1) is 34.2. The molecule has 0 N–H and O–H groups in total. The van der Waals surface area contributed by atoms with E-state index < -0.39 is 5.41 Å². The van der Waals surface area contributed by atoms with Gasteiger partial charge in [0, 0.05) is 39.1 Å². The van der Waals surface area contributed by atoms with Crippen LogP contribution in [0.3, 0.4) is 0 Å². The fourth-order valence-corrected chi connectivity index (χ4v) is 11.0. The molecule has 0 aliphatic heterocycles. The molecule has 13 rings (SSSR count). The molecule has 0 unspecified atom stereocenters. The van der Waals surface area contributed by atoms with Gasteiger partial charge in [-0.05, 0) is 97.9 Å². The first-order valence-electron chi connectivity index (χ1n) is 23.7. The number of anilines is 3. The molecule has 324 valence electrons. The first kappa shape index (κ1) is 40.2. The third kappa shape index (κ3) is 6.62. The Morgan fingerprint density at radius 3 is 1.46 bits per heavy atom. The maximum atomic E-state index is 5.55. The van der Waals surface area contributed by atoms with Crippen molar-refractivity contribution in [2.45, 2.75) is 5.41 Å². The van der Waals surface area contributed by atoms with E-state index in [1.54, 1.807) is 0 Å². The Kier molecular flexibility index (Phi) is 9.73. The van der Waals surface area contributed by atoms with Crippen LogP contribution in [-0.4, -0.2) is 9.61 Å². The highest BCUT2D eigenvalue weighted by Crippen LogP contribution is 2.57. The van der Waals surface area contributed by atoms with E-state index >= 15 is 0 Å². The molecule has 10 aromatic carbocycles. The monoisotopic (exact) mass is 879 g/mol. The summed E-state index contributed by atoms with van der Waals surface area (Å²) < 4.78 is 2.19. The molecule has 3 heteroatoms. The van der Waals surface area contributed by atoms with E-state index in [9.17, 15) is 0 Å². The summed E-state index contributed by atoms with van der Waals surface area (Å²) in [5, 5.41) is 7.80. The van der Waals surface area contributed by atoms with Gasteiger partial charge in [0.2, 0.25) is 0 Å². The van der Waals surface area contributed by atoms with Gasteiger partial charge in [0.05, 0.1) is 16.6 Å². The number of hydrogen-bond donors (Lipinski definition) is 0. The normalized spacial score (nSPS) is 12.5. The summed E-state index contributed by atoms with van der Waals surface area (Å²) in [5.41, 5.74) is 20.0. The van der Waals surface area contributed by atoms with E-state index in [-0.39, 0.29) is 0 Å². The summed E-state index contributed by atoms with van der Waals surface area (Å²) >= 11 is 0. The Bertz CT molecular complexity index is 3750. The maximum absolute atomic E-state index is 5.55. The van der Waals surface area contributed by atoms with E-state index in [2.05, 4.69) is 282 Å². The zero-order valence-electron chi connectivity index (χ0n) is 37.8. The van der Waals surface area contributed by atoms with Crippen LogP contribution >= 0.6 is 0 Å². The van der Waals surface area contributed by atoms with Gasteiger partial charge in [0.15, 0.2) is 0 Å². The van der Waals surface area contributed by atoms with Crippen LogP contribution in [0.1, 0.15) is 22.3 Å². The SMILES string of the molecule is c1ccc(-c2ccc(N(c3ccc4c(c3)C(c3ccccc3)(c3ccccc3)c3ccccc3-4)c3ccc4cc(-c5ccccc5)n5nc(-c6ccccc6)c(-c6ccccc6)c5c4c3)cc2)cc1. The van der Waals surface area contributed by atoms with Gasteiger partial charge < -0.3 is 4.90 Å². The van der Waals surface area contributed by atoms with Crippen LogP contribution in [0, 0.1) is 0 Å². The van der Waals surface area contributed by atoms with Gasteiger partial charge in [0.1, 0.15) is 5.69 Å². The van der Waals surface area contributed by atoms with Gasteiger partial charge in [-0.25, -0.2) is 4.52 Å². The fraction of sp³-hybridized carbons (Fsp3) is 0.0152. The van der Waals surface area contributed by atoms with Crippen molar-refractivity contribution in [3.05, 3.63) is 295 Å². The van der Waals surface area contributed by atoms with Crippen LogP contribution < -0.4 is 4.90 Å². The lowest BCUT2D eigenvalue weighted by Crippen LogP contribution is -2.28. The number of pyridine rings is 1. The lowest BCUT2D eigenvalue weighted by molar-refractivity contribution is 0.768. The molecular formula is C66H45N3. The van der Waals surface area contributed by atoms with Crippen molar-refractivity contribution in [2.75, 3.05) is 4.90 Å². The Hall–Kier alpha value is -9.05. The van der Waals surface area contributed by atoms with Gasteiger partial charge in [-0.3, -0.25) is 0 Å². The lowest BCUT2D eigenvalue weighted by Gasteiger charge is -2.35. The van der Waals surface area contributed by atoms with E-state index in [1.165, 1.54) is 44.5 Å². The van der Waals surface area contributed by atoms with Crippen molar-refractivity contribution in [1.82, 2.24) is 9.61 Å². The predicted octanol–water partition coefficient (Wildman–Crippen LogP) is 17.0. The summed E-state index contributed by atoms with van der Waals surface area (Å²) in [6, 6.07) is 99.2. The predicted molar refractivity (Wildman–Crippen MR) is 286 cm³/mol. The highest BCUT2D eigenvalue weighted by Gasteiger charge is 2.46. The minimum Gasteiger partial charge on any atom is -0.310 e. The van der Waals surface area contributed by atoms with Crippen LogP contribution in [0.25, 0.3) is 72.2 Å². The Labute approximate surface area is 402 Å². The van der Waals surface area contributed by atoms with Gasteiger partial charge in [-0.1, -0.05) is 231 Å². The molecule has 3 nitrogen and oxygen atoms in total. The number of hydrogen-bond acceptors (Lipinski definition) is 2. The molecule has 2 aromatic heterocycles. The zero-order valence-corrected chi connectivity index (χ0v) is 37.8. The summed E-state index contributed by atoms with van der Waals surface area (Å²) in [5.74, 6) is 0. The van der Waals surface area contributed by atoms with Crippen molar-refractivity contribution >= 4 is 33.4 Å². The molecule has 0 saturated carbocycles. The molecule has 0 atom stereocenters. The van der Waals surface area contributed by atoms with Crippen molar-refractivity contribution < 1.29 is 0 Å². The average Bonchev–Trinajstić information content (AvgIpc) is 3.98. The molecular weight excluding hydrogens is 835 g/mol. The number of aromatic nitrogens is 2. The van der Waals surface area contributed by atoms with Gasteiger partial charge in [-0.15, -0.1) is 0 Å². The smallest absolute Gasteiger partial charge is 0.101 e. The molecule has 0 saturated heterocycles. The average molecular weight is 880 g/mol. The molecule has 0 fully saturated rings. The second kappa shape index (κ2) is 16.7. The van der Waals surface area contributed by atoms with Crippen LogP contribution in [0.2, 0.25) is 0 Å². The van der Waals surface area contributed by atoms with Crippen LogP contribution in [-0.2, 0) is 5.41 Å². The second-order valence-corrected chi connectivity index (χ2v) is 17.9. The van der Waals surface area contributed by atoms with E-state index in [4.69, 9.17) is 5.10 Å². The lowest BCUT2D eigenvalue weighted by atomic mass is 9.67. The second-order valence-electron chi connectivity index (χ2n) is 17.9. The van der Waals surface area contributed by atoms with Gasteiger partial charge in [-0.2, -0.15) is 5.10 Å². The van der Waals surface area contributed by atoms with Crippen molar-refractivity contribution in [3.63, 3.8) is 0 Å². The number of rotatable bonds is 9. The Morgan fingerprint density at radius 2 is 0.826 bits per heavy atom. The molecule has 0 radical (unpaired) electrons. The van der Waals surface area contributed by atoms with Crippen molar-refractivity contribution in [2.24, 2.45) is 0 Å². The molecule has 0 bridgehead atoms. The summed E-state index contributed by atoms with van der Waals surface area (Å²) in [6.45, 7) is 0. The topological polar surface area (TPSA) is 20.5 Å². The minimum absolute atomic E-state index is 0.549. The Morgan fingerprint density at radius 1 is 0.348 bits per heavy atom. The van der Waals surface area contributed by atoms with Gasteiger partial charge in [0.25, 0.3) is 0 Å². The van der Waals surface area contributed by atoms with E-state index in [0.29, 0.717) is 0 Å². The molecule has 2 heterocycles. The van der Waals surface area contributed by atoms with E-state index in [0.717, 1.165) is 67.0 Å². The molecule has 69 heavy (non-hydrogen) atoms. The van der Waals surface area contributed by atoms with Crippen molar-refractivity contribution in [1.29, 1.82) is 0 Å². The molecule has 0 spiro atoms. The largest absolute Gasteiger partial charge is 0.310 e. The van der Waals surface area contributed by atoms with Crippen LogP contribution in [0.4, 0.5) is 17.1 Å². The van der Waals surface area contributed by atoms with Crippen LogP contribution in [0.5, 0.6) is 0 Å². The molecule has 12 aromatic rings. The standard InChI is InChI=1S/C66H45N3/c1-7-21-46(22-8-1)47-35-38-54(39-36-47)68(56-41-42-58-57-33-19-20-34-60(57)66(61(58)45-56,52-29-15-5-16-30-52)53-31-17-6-18-32-53)55-40-37-51-43-62(48-23-9-2-10-24-48)69-65(59(51)44-55)63(49-25-11-3-12-26-49)64(67-69)50-27-13-4-14-28-50/h1-45H. The third-order valence-corrected chi connectivity index (χ3v) is 14.1. The molecule has 1 aliphatic rings. The summed E-state index contributed by atoms with van der Waals surface area (Å²) in [7, 11) is 0. The van der Waals surface area contributed by atoms with E-state index in [1.807, 2.05) is 0 Å². The highest BCUT2D eigenvalue weighted by atomic mass is 15.2. The summed E-state index contributed by atoms with van der Waals surface area (Å²) in [4.78, 5) is 2.44. The fourth-order valence-electron chi connectivity index (χ4n) is 11.0. The quantitative estimate of drug-likeness (QED) is 0.144. The van der Waals surface area contributed by atoms with Gasteiger partial charge >= 0.3 is 0 Å². The molecule has 0 amide bonds. The maximum Gasteiger partial charge on any atom is 0.101 e. The summed E-state index contributed by atoms with van der Waals surface area (Å²) in [6.07, 6.45) is 0. The Balaban J connectivity index is 1.10. The highest BCUT2D eigenvalue weighted by molar-refractivity contribution is 6.10. The number of nitrogens with zero attached hydrogens (tertiary/aromatic N) is 3. The molecule has 1 aliphatic carbocycles. The third-order valence-electron chi connectivity index (χ3n) is 14.1. The number of fused-ring (bicyclic) bond motifs is 6.